The molecule has 1 N–H and O–H groups in total. The molecule has 1 aromatic carbocycles. The molecular weight excluding hydrogens is 276 g/mol. The largest absolute Gasteiger partial charge is 0.465 e. The van der Waals surface area contributed by atoms with Gasteiger partial charge in [-0.05, 0) is 57.1 Å². The highest BCUT2D eigenvalue weighted by atomic mass is 35.5. The summed E-state index contributed by atoms with van der Waals surface area (Å²) >= 11 is 6.01. The van der Waals surface area contributed by atoms with Crippen molar-refractivity contribution in [2.75, 3.05) is 39.1 Å². The number of methoxy groups -OCH3 is 1. The Bertz CT molecular complexity index is 471. The lowest BCUT2D eigenvalue weighted by Gasteiger charge is -2.29. The van der Waals surface area contributed by atoms with Gasteiger partial charge in [-0.3, -0.25) is 0 Å². The van der Waals surface area contributed by atoms with Crippen LogP contribution in [0.25, 0.3) is 0 Å². The van der Waals surface area contributed by atoms with Gasteiger partial charge in [-0.25, -0.2) is 4.79 Å². The monoisotopic (exact) mass is 296 g/mol. The average molecular weight is 297 g/mol. The molecule has 0 atom stereocenters. The van der Waals surface area contributed by atoms with E-state index >= 15 is 0 Å². The first-order chi connectivity index (χ1) is 9.60. The summed E-state index contributed by atoms with van der Waals surface area (Å²) < 4.78 is 4.79. The number of carbonyl (C=O) groups excluding carboxylic acids is 1. The number of likely N-dealkylation sites (tertiary alicyclic amines) is 1. The number of nitrogens with zero attached hydrogens (tertiary/aromatic N) is 1. The fourth-order valence-corrected chi connectivity index (χ4v) is 2.64. The van der Waals surface area contributed by atoms with E-state index in [2.05, 4.69) is 17.3 Å². The van der Waals surface area contributed by atoms with Gasteiger partial charge in [0.15, 0.2) is 0 Å². The third-order valence-electron chi connectivity index (χ3n) is 3.81. The first-order valence-corrected chi connectivity index (χ1v) is 7.28. The van der Waals surface area contributed by atoms with Crippen molar-refractivity contribution in [2.45, 2.75) is 12.8 Å². The van der Waals surface area contributed by atoms with E-state index in [0.29, 0.717) is 16.5 Å². The molecule has 2 rings (SSSR count). The molecule has 1 aromatic rings. The number of nitrogens with one attached hydrogen (secondary N) is 1. The van der Waals surface area contributed by atoms with Crippen LogP contribution < -0.4 is 5.32 Å². The van der Waals surface area contributed by atoms with E-state index in [1.165, 1.54) is 20.0 Å². The summed E-state index contributed by atoms with van der Waals surface area (Å²) in [5, 5.41) is 3.96. The Morgan fingerprint density at radius 2 is 2.15 bits per heavy atom. The summed E-state index contributed by atoms with van der Waals surface area (Å²) in [6.45, 7) is 3.12. The molecule has 1 saturated heterocycles. The average Bonchev–Trinajstić information content (AvgIpc) is 2.46. The molecular formula is C15H21ClN2O2. The fraction of sp³-hybridized carbons (Fsp3) is 0.533. The summed E-state index contributed by atoms with van der Waals surface area (Å²) in [7, 11) is 3.54. The van der Waals surface area contributed by atoms with Gasteiger partial charge in [0, 0.05) is 11.6 Å². The van der Waals surface area contributed by atoms with Gasteiger partial charge in [-0.15, -0.1) is 0 Å². The number of carbonyl (C=O) groups is 1. The van der Waals surface area contributed by atoms with Crippen molar-refractivity contribution >= 4 is 23.3 Å². The molecule has 1 aliphatic rings. The molecule has 4 nitrogen and oxygen atoms in total. The van der Waals surface area contributed by atoms with Gasteiger partial charge in [0.05, 0.1) is 18.4 Å². The van der Waals surface area contributed by atoms with Gasteiger partial charge in [0.2, 0.25) is 0 Å². The standard InChI is InChI=1S/C15H21ClN2O2/c1-18-7-5-11(6-8-18)10-17-14-9-12(16)3-4-13(14)15(19)20-2/h3-4,9,11,17H,5-8,10H2,1-2H3. The Balaban J connectivity index is 2.01. The van der Waals surface area contributed by atoms with Gasteiger partial charge in [-0.1, -0.05) is 11.6 Å². The Morgan fingerprint density at radius 1 is 1.45 bits per heavy atom. The van der Waals surface area contributed by atoms with Crippen molar-refractivity contribution in [3.63, 3.8) is 0 Å². The van der Waals surface area contributed by atoms with E-state index in [1.807, 2.05) is 0 Å². The van der Waals surface area contributed by atoms with Crippen molar-refractivity contribution in [3.05, 3.63) is 28.8 Å². The minimum atomic E-state index is -0.340. The first kappa shape index (κ1) is 15.1. The summed E-state index contributed by atoms with van der Waals surface area (Å²) in [6, 6.07) is 5.18. The molecule has 0 saturated carbocycles. The number of piperidine rings is 1. The van der Waals surface area contributed by atoms with Gasteiger partial charge in [0.1, 0.15) is 0 Å². The molecule has 110 valence electrons. The van der Waals surface area contributed by atoms with E-state index in [1.54, 1.807) is 18.2 Å². The lowest BCUT2D eigenvalue weighted by molar-refractivity contribution is 0.0602. The lowest BCUT2D eigenvalue weighted by Crippen LogP contribution is -2.33. The molecule has 1 fully saturated rings. The highest BCUT2D eigenvalue weighted by Gasteiger charge is 2.18. The van der Waals surface area contributed by atoms with Gasteiger partial charge >= 0.3 is 5.97 Å². The van der Waals surface area contributed by atoms with Crippen LogP contribution in [0.4, 0.5) is 5.69 Å². The topological polar surface area (TPSA) is 41.6 Å². The van der Waals surface area contributed by atoms with E-state index in [0.717, 1.165) is 25.3 Å². The summed E-state index contributed by atoms with van der Waals surface area (Å²) in [6.07, 6.45) is 2.36. The fourth-order valence-electron chi connectivity index (χ4n) is 2.47. The third kappa shape index (κ3) is 3.87. The minimum absolute atomic E-state index is 0.340. The number of anilines is 1. The predicted molar refractivity (Wildman–Crippen MR) is 81.5 cm³/mol. The van der Waals surface area contributed by atoms with Crippen molar-refractivity contribution in [1.29, 1.82) is 0 Å². The quantitative estimate of drug-likeness (QED) is 0.868. The maximum absolute atomic E-state index is 11.7. The zero-order valence-corrected chi connectivity index (χ0v) is 12.7. The molecule has 0 unspecified atom stereocenters. The summed E-state index contributed by atoms with van der Waals surface area (Å²) in [5.41, 5.74) is 1.29. The van der Waals surface area contributed by atoms with E-state index in [9.17, 15) is 4.79 Å². The van der Waals surface area contributed by atoms with Crippen LogP contribution in [0.1, 0.15) is 23.2 Å². The smallest absolute Gasteiger partial charge is 0.339 e. The Kier molecular flexibility index (Phi) is 5.26. The van der Waals surface area contributed by atoms with Crippen LogP contribution in [-0.2, 0) is 4.74 Å². The molecule has 0 spiro atoms. The van der Waals surface area contributed by atoms with Crippen molar-refractivity contribution in [2.24, 2.45) is 5.92 Å². The Hall–Kier alpha value is -1.26. The highest BCUT2D eigenvalue weighted by Crippen LogP contribution is 2.23. The molecule has 5 heteroatoms. The summed E-state index contributed by atoms with van der Waals surface area (Å²) in [4.78, 5) is 14.1. The second-order valence-electron chi connectivity index (χ2n) is 5.31. The molecule has 0 aromatic heterocycles. The van der Waals surface area contributed by atoms with E-state index in [4.69, 9.17) is 16.3 Å². The SMILES string of the molecule is COC(=O)c1ccc(Cl)cc1NCC1CCN(C)CC1. The van der Waals surface area contributed by atoms with E-state index < -0.39 is 0 Å². The zero-order valence-electron chi connectivity index (χ0n) is 12.0. The van der Waals surface area contributed by atoms with Crippen LogP contribution in [0.5, 0.6) is 0 Å². The molecule has 0 radical (unpaired) electrons. The van der Waals surface area contributed by atoms with Crippen molar-refractivity contribution in [1.82, 2.24) is 4.90 Å². The highest BCUT2D eigenvalue weighted by molar-refractivity contribution is 6.31. The number of rotatable bonds is 4. The predicted octanol–water partition coefficient (Wildman–Crippen LogP) is 2.88. The second kappa shape index (κ2) is 6.95. The maximum Gasteiger partial charge on any atom is 0.339 e. The first-order valence-electron chi connectivity index (χ1n) is 6.90. The normalized spacial score (nSPS) is 16.9. The number of halogens is 1. The number of hydrogen-bond acceptors (Lipinski definition) is 4. The molecule has 0 bridgehead atoms. The van der Waals surface area contributed by atoms with Crippen LogP contribution in [0.3, 0.4) is 0 Å². The van der Waals surface area contributed by atoms with Crippen LogP contribution >= 0.6 is 11.6 Å². The maximum atomic E-state index is 11.7. The third-order valence-corrected chi connectivity index (χ3v) is 4.04. The van der Waals surface area contributed by atoms with Crippen molar-refractivity contribution < 1.29 is 9.53 Å². The van der Waals surface area contributed by atoms with Gasteiger partial charge in [-0.2, -0.15) is 0 Å². The van der Waals surface area contributed by atoms with Crippen molar-refractivity contribution in [3.8, 4) is 0 Å². The van der Waals surface area contributed by atoms with Crippen LogP contribution in [0, 0.1) is 5.92 Å². The number of benzene rings is 1. The number of esters is 1. The molecule has 20 heavy (non-hydrogen) atoms. The molecule has 1 aliphatic heterocycles. The number of hydrogen-bond donors (Lipinski definition) is 1. The van der Waals surface area contributed by atoms with Crippen LogP contribution in [0.15, 0.2) is 18.2 Å². The molecule has 1 heterocycles. The van der Waals surface area contributed by atoms with Gasteiger partial charge in [0.25, 0.3) is 0 Å². The Labute approximate surface area is 125 Å². The minimum Gasteiger partial charge on any atom is -0.465 e. The summed E-state index contributed by atoms with van der Waals surface area (Å²) in [5.74, 6) is 0.295. The molecule has 0 aliphatic carbocycles. The number of ether oxygens (including phenoxy) is 1. The lowest BCUT2D eigenvalue weighted by atomic mass is 9.97. The van der Waals surface area contributed by atoms with Crippen LogP contribution in [-0.4, -0.2) is 44.7 Å². The zero-order chi connectivity index (χ0) is 14.5. The second-order valence-corrected chi connectivity index (χ2v) is 5.75. The van der Waals surface area contributed by atoms with Crippen LogP contribution in [0.2, 0.25) is 5.02 Å². The van der Waals surface area contributed by atoms with Gasteiger partial charge < -0.3 is 15.0 Å². The Morgan fingerprint density at radius 3 is 2.80 bits per heavy atom. The van der Waals surface area contributed by atoms with E-state index in [-0.39, 0.29) is 5.97 Å². The molecule has 0 amide bonds.